The molecule has 23 heavy (non-hydrogen) atoms. The van der Waals surface area contributed by atoms with Crippen LogP contribution in [0.25, 0.3) is 0 Å². The van der Waals surface area contributed by atoms with E-state index in [9.17, 15) is 13.3 Å². The zero-order chi connectivity index (χ0) is 17.1. The Morgan fingerprint density at radius 2 is 1.70 bits per heavy atom. The van der Waals surface area contributed by atoms with Gasteiger partial charge >= 0.3 is 0 Å². The average Bonchev–Trinajstić information content (AvgIpc) is 2.66. The van der Waals surface area contributed by atoms with E-state index in [2.05, 4.69) is 37.8 Å². The Kier molecular flexibility index (Phi) is 3.28. The van der Waals surface area contributed by atoms with Crippen molar-refractivity contribution >= 4 is 21.0 Å². The molecule has 2 aromatic carbocycles. The molecule has 5 heteroatoms. The predicted octanol–water partition coefficient (Wildman–Crippen LogP) is 4.26. The van der Waals surface area contributed by atoms with Crippen LogP contribution >= 0.6 is 0 Å². The second kappa shape index (κ2) is 4.66. The zero-order valence-corrected chi connectivity index (χ0v) is 14.7. The van der Waals surface area contributed by atoms with Crippen molar-refractivity contribution in [3.63, 3.8) is 0 Å². The summed E-state index contributed by atoms with van der Waals surface area (Å²) in [6, 6.07) is 15.3. The van der Waals surface area contributed by atoms with Gasteiger partial charge in [0.2, 0.25) is 0 Å². The number of hydrogen-bond acceptors (Lipinski definition) is 2. The summed E-state index contributed by atoms with van der Waals surface area (Å²) in [7, 11) is -4.74. The molecule has 1 aliphatic heterocycles. The molecule has 0 spiro atoms. The van der Waals surface area contributed by atoms with Gasteiger partial charge in [-0.05, 0) is 42.8 Å². The summed E-state index contributed by atoms with van der Waals surface area (Å²) in [6.45, 7) is 6.38. The van der Waals surface area contributed by atoms with E-state index in [1.54, 1.807) is 6.07 Å². The minimum Gasteiger partial charge on any atom is -0.338 e. The first-order valence-corrected chi connectivity index (χ1v) is 9.90. The number of benzene rings is 2. The third-order valence-corrected chi connectivity index (χ3v) is 6.27. The summed E-state index contributed by atoms with van der Waals surface area (Å²) in [4.78, 5) is 2.30. The maximum absolute atomic E-state index is 12.1. The lowest BCUT2D eigenvalue weighted by atomic mass is 9.81. The van der Waals surface area contributed by atoms with Gasteiger partial charge in [0.25, 0.3) is 0 Å². The normalized spacial score (nSPS) is 21.6. The first-order valence-electron chi connectivity index (χ1n) is 7.61. The lowest BCUT2D eigenvalue weighted by Gasteiger charge is -2.31. The van der Waals surface area contributed by atoms with Crippen molar-refractivity contribution in [3.05, 3.63) is 54.1 Å². The van der Waals surface area contributed by atoms with Crippen molar-refractivity contribution in [1.29, 1.82) is 0 Å². The summed E-state index contributed by atoms with van der Waals surface area (Å²) in [5.74, 6) is 0. The average molecular weight is 333 g/mol. The number of fused-ring (bicyclic) bond motifs is 1. The van der Waals surface area contributed by atoms with Gasteiger partial charge in [-0.3, -0.25) is 0 Å². The van der Waals surface area contributed by atoms with Gasteiger partial charge in [-0.1, -0.05) is 32.0 Å². The van der Waals surface area contributed by atoms with Crippen LogP contribution in [0, 0.1) is 0 Å². The highest BCUT2D eigenvalue weighted by molar-refractivity contribution is 8.09. The third kappa shape index (κ3) is 2.59. The lowest BCUT2D eigenvalue weighted by molar-refractivity contribution is 0.398. The Bertz CT molecular complexity index is 812. The quantitative estimate of drug-likeness (QED) is 0.862. The van der Waals surface area contributed by atoms with Crippen LogP contribution < -0.4 is 4.90 Å². The molecule has 0 amide bonds. The molecule has 0 aliphatic carbocycles. The molecule has 1 heterocycles. The number of nitrogens with zero attached hydrogens (tertiary/aromatic N) is 1. The van der Waals surface area contributed by atoms with Crippen LogP contribution in [0.1, 0.15) is 26.3 Å². The molecule has 0 radical (unpaired) electrons. The van der Waals surface area contributed by atoms with Gasteiger partial charge in [0.1, 0.15) is 9.63 Å². The van der Waals surface area contributed by atoms with E-state index in [0.29, 0.717) is 0 Å². The van der Waals surface area contributed by atoms with Gasteiger partial charge in [-0.25, -0.2) is 4.21 Å². The van der Waals surface area contributed by atoms with Crippen molar-refractivity contribution in [3.8, 4) is 0 Å². The summed E-state index contributed by atoms with van der Waals surface area (Å²) in [5.41, 5.74) is 2.85. The van der Waals surface area contributed by atoms with Crippen LogP contribution in [0.15, 0.2) is 53.4 Å². The second-order valence-electron chi connectivity index (χ2n) is 7.01. The van der Waals surface area contributed by atoms with Crippen molar-refractivity contribution < 1.29 is 13.3 Å². The second-order valence-corrected chi connectivity index (χ2v) is 9.95. The molecule has 1 aliphatic rings. The molecule has 0 aromatic heterocycles. The highest BCUT2D eigenvalue weighted by atomic mass is 32.3. The fourth-order valence-electron chi connectivity index (χ4n) is 3.24. The molecule has 4 nitrogen and oxygen atoms in total. The fraction of sp³-hybridized carbons (Fsp3) is 0.333. The Morgan fingerprint density at radius 3 is 2.26 bits per heavy atom. The molecule has 0 fully saturated rings. The molecule has 3 rings (SSSR count). The van der Waals surface area contributed by atoms with Crippen molar-refractivity contribution in [1.82, 2.24) is 0 Å². The maximum atomic E-state index is 12.1. The first-order chi connectivity index (χ1) is 10.5. The fourth-order valence-corrected chi connectivity index (χ4v) is 4.01. The van der Waals surface area contributed by atoms with Crippen LogP contribution in [0.4, 0.5) is 11.4 Å². The lowest BCUT2D eigenvalue weighted by Crippen LogP contribution is -2.36. The van der Waals surface area contributed by atoms with Crippen LogP contribution in [-0.4, -0.2) is 25.6 Å². The van der Waals surface area contributed by atoms with Gasteiger partial charge in [0.15, 0.2) is 0 Å². The smallest absolute Gasteiger partial charge is 0.106 e. The van der Waals surface area contributed by atoms with E-state index in [4.69, 9.17) is 0 Å². The van der Waals surface area contributed by atoms with Crippen molar-refractivity contribution in [2.45, 2.75) is 37.1 Å². The minimum atomic E-state index is -4.74. The molecule has 2 N–H and O–H groups in total. The van der Waals surface area contributed by atoms with Crippen molar-refractivity contribution in [2.75, 3.05) is 11.2 Å². The topological polar surface area (TPSA) is 60.8 Å². The van der Waals surface area contributed by atoms with E-state index in [1.165, 1.54) is 6.07 Å². The first kappa shape index (κ1) is 16.2. The Hall–Kier alpha value is -1.69. The molecule has 0 bridgehead atoms. The van der Waals surface area contributed by atoms with Gasteiger partial charge in [-0.15, -0.1) is 0 Å². The largest absolute Gasteiger partial charge is 0.338 e. The molecule has 2 aromatic rings. The standard InChI is InChI=1S/C18H23NO3S/c1-13-18(2,3)16-12-15(23(4,20,21)22)10-11-17(16)19(13)14-8-6-5-7-9-14/h5-13H,1-4H3,(H2,20,21,22). The summed E-state index contributed by atoms with van der Waals surface area (Å²) in [6.07, 6.45) is 0.971. The van der Waals surface area contributed by atoms with E-state index >= 15 is 0 Å². The van der Waals surface area contributed by atoms with Crippen LogP contribution in [-0.2, 0) is 15.0 Å². The van der Waals surface area contributed by atoms with Gasteiger partial charge in [0.05, 0.1) is 4.90 Å². The van der Waals surface area contributed by atoms with Gasteiger partial charge < -0.3 is 14.0 Å². The number of para-hydroxylation sites is 1. The highest BCUT2D eigenvalue weighted by Gasteiger charge is 2.43. The monoisotopic (exact) mass is 333 g/mol. The van der Waals surface area contributed by atoms with Crippen LogP contribution in [0.3, 0.4) is 0 Å². The van der Waals surface area contributed by atoms with Crippen molar-refractivity contribution in [2.24, 2.45) is 0 Å². The summed E-state index contributed by atoms with van der Waals surface area (Å²) >= 11 is 0. The SMILES string of the molecule is CC1N(c2ccccc2)c2ccc(S(C)(=O)(O)O)cc2C1(C)C. The van der Waals surface area contributed by atoms with Crippen LogP contribution in [0.2, 0.25) is 0 Å². The molecular weight excluding hydrogens is 310 g/mol. The molecular formula is C18H23NO3S. The minimum absolute atomic E-state index is 0.0657. The molecule has 1 atom stereocenters. The number of rotatable bonds is 2. The highest BCUT2D eigenvalue weighted by Crippen LogP contribution is 2.49. The number of anilines is 2. The van der Waals surface area contributed by atoms with Gasteiger partial charge in [-0.2, -0.15) is 0 Å². The zero-order valence-electron chi connectivity index (χ0n) is 13.9. The molecule has 0 saturated heterocycles. The van der Waals surface area contributed by atoms with Gasteiger partial charge in [0, 0.05) is 29.1 Å². The summed E-state index contributed by atoms with van der Waals surface area (Å²) in [5, 5.41) is 0. The predicted molar refractivity (Wildman–Crippen MR) is 95.1 cm³/mol. The third-order valence-electron chi connectivity index (χ3n) is 4.93. The van der Waals surface area contributed by atoms with E-state index in [1.807, 2.05) is 24.3 Å². The van der Waals surface area contributed by atoms with E-state index in [0.717, 1.165) is 23.2 Å². The molecule has 124 valence electrons. The Morgan fingerprint density at radius 1 is 1.09 bits per heavy atom. The summed E-state index contributed by atoms with van der Waals surface area (Å²) < 4.78 is 31.9. The van der Waals surface area contributed by atoms with Crippen LogP contribution in [0.5, 0.6) is 0 Å². The Labute approximate surface area is 137 Å². The molecule has 0 saturated carbocycles. The number of hydrogen-bond donors (Lipinski definition) is 2. The Balaban J connectivity index is 2.21. The van der Waals surface area contributed by atoms with E-state index < -0.39 is 9.63 Å². The maximum Gasteiger partial charge on any atom is 0.106 e. The molecule has 1 unspecified atom stereocenters. The van der Waals surface area contributed by atoms with E-state index in [-0.39, 0.29) is 16.4 Å².